The highest BCUT2D eigenvalue weighted by atomic mass is 32.1. The normalized spacial score (nSPS) is 17.3. The molecule has 0 aromatic carbocycles. The number of hydrogen-bond donors (Lipinski definition) is 4. The SMILES string of the molecule is Nc1nc(CNc2cc([C@H]3CCOC3)nc(NCCO)n2)cs1. The summed E-state index contributed by atoms with van der Waals surface area (Å²) in [5.74, 6) is 1.50. The maximum Gasteiger partial charge on any atom is 0.224 e. The third kappa shape index (κ3) is 4.27. The Bertz CT molecular complexity index is 644. The standard InChI is InChI=1S/C14H20N6O2S/c15-13-18-10(8-23-13)6-17-12-5-11(9-1-4-22-7-9)19-14(20-12)16-2-3-21/h5,8-9,21H,1-4,6-7H2,(H2,15,18)(H2,16,17,19,20)/t9-/m0/s1. The van der Waals surface area contributed by atoms with E-state index in [-0.39, 0.29) is 12.5 Å². The minimum atomic E-state index is 0.0288. The molecule has 8 nitrogen and oxygen atoms in total. The zero-order valence-corrected chi connectivity index (χ0v) is 13.5. The minimum Gasteiger partial charge on any atom is -0.395 e. The van der Waals surface area contributed by atoms with Gasteiger partial charge >= 0.3 is 0 Å². The Balaban J connectivity index is 1.74. The number of nitrogen functional groups attached to an aromatic ring is 1. The lowest BCUT2D eigenvalue weighted by Gasteiger charge is -2.13. The average Bonchev–Trinajstić information content (AvgIpc) is 3.22. The number of ether oxygens (including phenoxy) is 1. The number of anilines is 3. The van der Waals surface area contributed by atoms with Gasteiger partial charge in [0.1, 0.15) is 5.82 Å². The van der Waals surface area contributed by atoms with Crippen molar-refractivity contribution in [1.29, 1.82) is 0 Å². The van der Waals surface area contributed by atoms with Crippen molar-refractivity contribution < 1.29 is 9.84 Å². The van der Waals surface area contributed by atoms with Gasteiger partial charge in [0.05, 0.1) is 31.1 Å². The fraction of sp³-hybridized carbons (Fsp3) is 0.500. The summed E-state index contributed by atoms with van der Waals surface area (Å²) in [6.45, 7) is 2.42. The molecule has 1 atom stereocenters. The summed E-state index contributed by atoms with van der Waals surface area (Å²) in [6, 6.07) is 1.94. The van der Waals surface area contributed by atoms with Gasteiger partial charge in [-0.3, -0.25) is 0 Å². The second kappa shape index (κ2) is 7.53. The van der Waals surface area contributed by atoms with Crippen LogP contribution in [0.15, 0.2) is 11.4 Å². The molecular formula is C14H20N6O2S. The van der Waals surface area contributed by atoms with Crippen LogP contribution in [0.25, 0.3) is 0 Å². The van der Waals surface area contributed by atoms with Gasteiger partial charge in [0, 0.05) is 30.5 Å². The molecule has 23 heavy (non-hydrogen) atoms. The molecule has 1 fully saturated rings. The van der Waals surface area contributed by atoms with Crippen molar-refractivity contribution in [3.05, 3.63) is 22.8 Å². The van der Waals surface area contributed by atoms with Crippen LogP contribution in [0.3, 0.4) is 0 Å². The first-order valence-corrected chi connectivity index (χ1v) is 8.38. The van der Waals surface area contributed by atoms with E-state index in [2.05, 4.69) is 25.6 Å². The molecule has 5 N–H and O–H groups in total. The summed E-state index contributed by atoms with van der Waals surface area (Å²) in [6.07, 6.45) is 0.957. The molecule has 0 amide bonds. The summed E-state index contributed by atoms with van der Waals surface area (Å²) < 4.78 is 5.44. The van der Waals surface area contributed by atoms with Gasteiger partial charge in [-0.25, -0.2) is 9.97 Å². The maximum absolute atomic E-state index is 8.96. The van der Waals surface area contributed by atoms with E-state index >= 15 is 0 Å². The quantitative estimate of drug-likeness (QED) is 0.592. The van der Waals surface area contributed by atoms with Crippen molar-refractivity contribution in [2.45, 2.75) is 18.9 Å². The van der Waals surface area contributed by atoms with Crippen LogP contribution in [-0.4, -0.2) is 46.4 Å². The molecule has 3 heterocycles. The maximum atomic E-state index is 8.96. The summed E-state index contributed by atoms with van der Waals surface area (Å²) in [5, 5.41) is 17.7. The van der Waals surface area contributed by atoms with Crippen molar-refractivity contribution in [1.82, 2.24) is 15.0 Å². The van der Waals surface area contributed by atoms with Gasteiger partial charge in [0.25, 0.3) is 0 Å². The van der Waals surface area contributed by atoms with Crippen molar-refractivity contribution in [2.24, 2.45) is 0 Å². The Labute approximate surface area is 138 Å². The fourth-order valence-electron chi connectivity index (χ4n) is 2.37. The van der Waals surface area contributed by atoms with Crippen LogP contribution in [-0.2, 0) is 11.3 Å². The van der Waals surface area contributed by atoms with Crippen LogP contribution >= 0.6 is 11.3 Å². The second-order valence-electron chi connectivity index (χ2n) is 5.24. The van der Waals surface area contributed by atoms with Gasteiger partial charge in [-0.05, 0) is 6.42 Å². The Morgan fingerprint density at radius 2 is 2.26 bits per heavy atom. The second-order valence-corrected chi connectivity index (χ2v) is 6.13. The summed E-state index contributed by atoms with van der Waals surface area (Å²) in [4.78, 5) is 13.2. The Morgan fingerprint density at radius 1 is 1.35 bits per heavy atom. The number of aliphatic hydroxyl groups is 1. The van der Waals surface area contributed by atoms with Crippen LogP contribution in [0.5, 0.6) is 0 Å². The number of nitrogens with two attached hydrogens (primary N) is 1. The topological polar surface area (TPSA) is 118 Å². The lowest BCUT2D eigenvalue weighted by Crippen LogP contribution is -2.13. The van der Waals surface area contributed by atoms with E-state index in [9.17, 15) is 0 Å². The zero-order valence-electron chi connectivity index (χ0n) is 12.7. The largest absolute Gasteiger partial charge is 0.395 e. The molecule has 0 bridgehead atoms. The molecule has 1 saturated heterocycles. The number of aliphatic hydroxyl groups excluding tert-OH is 1. The average molecular weight is 336 g/mol. The van der Waals surface area contributed by atoms with Crippen molar-refractivity contribution in [3.8, 4) is 0 Å². The Morgan fingerprint density at radius 3 is 2.96 bits per heavy atom. The van der Waals surface area contributed by atoms with Crippen LogP contribution in [0.1, 0.15) is 23.7 Å². The van der Waals surface area contributed by atoms with Gasteiger partial charge in [-0.1, -0.05) is 0 Å². The van der Waals surface area contributed by atoms with Crippen LogP contribution in [0, 0.1) is 0 Å². The van der Waals surface area contributed by atoms with E-state index < -0.39 is 0 Å². The molecule has 3 rings (SSSR count). The predicted octanol–water partition coefficient (Wildman–Crippen LogP) is 1.04. The molecule has 2 aromatic heterocycles. The third-order valence-electron chi connectivity index (χ3n) is 3.51. The molecule has 0 spiro atoms. The zero-order chi connectivity index (χ0) is 16.1. The minimum absolute atomic E-state index is 0.0288. The molecule has 0 aliphatic carbocycles. The molecule has 0 unspecified atom stereocenters. The number of hydrogen-bond acceptors (Lipinski definition) is 9. The molecule has 9 heteroatoms. The Kier molecular flexibility index (Phi) is 5.21. The highest BCUT2D eigenvalue weighted by molar-refractivity contribution is 7.13. The van der Waals surface area contributed by atoms with Crippen LogP contribution in [0.4, 0.5) is 16.9 Å². The van der Waals surface area contributed by atoms with E-state index in [1.54, 1.807) is 0 Å². The number of nitrogens with one attached hydrogen (secondary N) is 2. The number of rotatable bonds is 7. The fourth-order valence-corrected chi connectivity index (χ4v) is 2.93. The number of aromatic nitrogens is 3. The first-order chi connectivity index (χ1) is 11.2. The molecule has 1 aliphatic heterocycles. The lowest BCUT2D eigenvalue weighted by atomic mass is 10.0. The van der Waals surface area contributed by atoms with Crippen LogP contribution in [0.2, 0.25) is 0 Å². The lowest BCUT2D eigenvalue weighted by molar-refractivity contribution is 0.193. The predicted molar refractivity (Wildman–Crippen MR) is 89.6 cm³/mol. The molecular weight excluding hydrogens is 316 g/mol. The van der Waals surface area contributed by atoms with E-state index in [0.29, 0.717) is 36.6 Å². The van der Waals surface area contributed by atoms with Crippen molar-refractivity contribution >= 4 is 28.2 Å². The van der Waals surface area contributed by atoms with Gasteiger partial charge in [-0.2, -0.15) is 4.98 Å². The molecule has 1 aliphatic rings. The van der Waals surface area contributed by atoms with E-state index in [1.807, 2.05) is 11.4 Å². The summed E-state index contributed by atoms with van der Waals surface area (Å²) in [7, 11) is 0. The molecule has 0 saturated carbocycles. The number of thiazole rings is 1. The van der Waals surface area contributed by atoms with Crippen LogP contribution < -0.4 is 16.4 Å². The van der Waals surface area contributed by atoms with Crippen molar-refractivity contribution in [2.75, 3.05) is 42.7 Å². The highest BCUT2D eigenvalue weighted by Crippen LogP contribution is 2.26. The first kappa shape index (κ1) is 15.9. The van der Waals surface area contributed by atoms with Gasteiger partial charge in [0.2, 0.25) is 5.95 Å². The van der Waals surface area contributed by atoms with E-state index in [4.69, 9.17) is 15.6 Å². The smallest absolute Gasteiger partial charge is 0.224 e. The van der Waals surface area contributed by atoms with E-state index in [1.165, 1.54) is 11.3 Å². The third-order valence-corrected chi connectivity index (χ3v) is 4.23. The number of nitrogens with zero attached hydrogens (tertiary/aromatic N) is 3. The molecule has 0 radical (unpaired) electrons. The monoisotopic (exact) mass is 336 g/mol. The molecule has 124 valence electrons. The summed E-state index contributed by atoms with van der Waals surface area (Å²) in [5.41, 5.74) is 7.46. The summed E-state index contributed by atoms with van der Waals surface area (Å²) >= 11 is 1.41. The highest BCUT2D eigenvalue weighted by Gasteiger charge is 2.20. The van der Waals surface area contributed by atoms with E-state index in [0.717, 1.165) is 24.4 Å². The van der Waals surface area contributed by atoms with Gasteiger partial charge in [-0.15, -0.1) is 11.3 Å². The first-order valence-electron chi connectivity index (χ1n) is 7.50. The van der Waals surface area contributed by atoms with Crippen molar-refractivity contribution in [3.63, 3.8) is 0 Å². The molecule has 2 aromatic rings. The van der Waals surface area contributed by atoms with Gasteiger partial charge < -0.3 is 26.2 Å². The Hall–Kier alpha value is -1.97. The van der Waals surface area contributed by atoms with Gasteiger partial charge in [0.15, 0.2) is 5.13 Å².